The van der Waals surface area contributed by atoms with Crippen LogP contribution in [0.2, 0.25) is 0 Å². The Morgan fingerprint density at radius 2 is 1.79 bits per heavy atom. The first-order valence-electron chi connectivity index (χ1n) is 8.63. The molecule has 146 valence electrons. The molecule has 0 bridgehead atoms. The maximum Gasteiger partial charge on any atom is 0.416 e. The van der Waals surface area contributed by atoms with E-state index in [0.717, 1.165) is 12.1 Å². The molecule has 8 heteroatoms. The van der Waals surface area contributed by atoms with Gasteiger partial charge in [-0.15, -0.1) is 0 Å². The molecule has 4 aromatic rings. The van der Waals surface area contributed by atoms with Crippen LogP contribution >= 0.6 is 0 Å². The number of aromatic nitrogens is 3. The highest BCUT2D eigenvalue weighted by Gasteiger charge is 2.31. The van der Waals surface area contributed by atoms with Gasteiger partial charge in [0.2, 0.25) is 0 Å². The minimum atomic E-state index is -4.57. The molecule has 0 saturated carbocycles. The SMILES string of the molecule is O=c1c(-c2cccc(C(F)(F)F)c2)c(O)c(Cc2cncnc2)c2ccccn12. The van der Waals surface area contributed by atoms with Gasteiger partial charge in [-0.05, 0) is 35.4 Å². The molecule has 5 nitrogen and oxygen atoms in total. The van der Waals surface area contributed by atoms with Gasteiger partial charge in [0.05, 0.1) is 16.6 Å². The van der Waals surface area contributed by atoms with Crippen LogP contribution in [0.5, 0.6) is 5.75 Å². The predicted octanol–water partition coefficient (Wildman–Crippen LogP) is 4.07. The Morgan fingerprint density at radius 3 is 2.52 bits per heavy atom. The zero-order chi connectivity index (χ0) is 20.6. The lowest BCUT2D eigenvalue weighted by Crippen LogP contribution is -2.18. The van der Waals surface area contributed by atoms with Gasteiger partial charge in [0.1, 0.15) is 12.1 Å². The summed E-state index contributed by atoms with van der Waals surface area (Å²) in [6.45, 7) is 0. The standard InChI is InChI=1S/C21H14F3N3O2/c22-21(23,24)15-5-3-4-14(9-15)18-19(28)16(8-13-10-25-12-26-11-13)17-6-1-2-7-27(17)20(18)29/h1-7,9-12,28H,8H2. The molecule has 29 heavy (non-hydrogen) atoms. The van der Waals surface area contributed by atoms with Crippen molar-refractivity contribution in [2.45, 2.75) is 12.6 Å². The highest BCUT2D eigenvalue weighted by Crippen LogP contribution is 2.36. The number of rotatable bonds is 3. The van der Waals surface area contributed by atoms with Crippen molar-refractivity contribution in [1.82, 2.24) is 14.4 Å². The summed E-state index contributed by atoms with van der Waals surface area (Å²) in [5.41, 5.74) is -0.169. The average molecular weight is 397 g/mol. The Labute approximate surface area is 162 Å². The third-order valence-electron chi connectivity index (χ3n) is 4.60. The van der Waals surface area contributed by atoms with E-state index in [4.69, 9.17) is 0 Å². The fourth-order valence-corrected chi connectivity index (χ4v) is 3.27. The zero-order valence-electron chi connectivity index (χ0n) is 14.9. The quantitative estimate of drug-likeness (QED) is 0.566. The van der Waals surface area contributed by atoms with Gasteiger partial charge in [0.15, 0.2) is 0 Å². The molecule has 0 saturated heterocycles. The van der Waals surface area contributed by atoms with Crippen molar-refractivity contribution in [3.63, 3.8) is 0 Å². The number of benzene rings is 1. The first-order valence-corrected chi connectivity index (χ1v) is 8.63. The number of pyridine rings is 2. The molecule has 0 aliphatic heterocycles. The topological polar surface area (TPSA) is 67.5 Å². The van der Waals surface area contributed by atoms with Gasteiger partial charge in [-0.1, -0.05) is 18.2 Å². The van der Waals surface area contributed by atoms with Crippen molar-refractivity contribution in [3.05, 3.63) is 94.4 Å². The summed E-state index contributed by atoms with van der Waals surface area (Å²) in [5.74, 6) is -0.357. The number of fused-ring (bicyclic) bond motifs is 1. The molecule has 0 amide bonds. The van der Waals surface area contributed by atoms with Crippen molar-refractivity contribution >= 4 is 5.52 Å². The summed E-state index contributed by atoms with van der Waals surface area (Å²) in [7, 11) is 0. The Bertz CT molecular complexity index is 1250. The first-order chi connectivity index (χ1) is 13.9. The molecular formula is C21H14F3N3O2. The number of hydrogen-bond acceptors (Lipinski definition) is 4. The maximum atomic E-state index is 13.1. The minimum Gasteiger partial charge on any atom is -0.507 e. The highest BCUT2D eigenvalue weighted by molar-refractivity contribution is 5.77. The molecule has 0 spiro atoms. The number of aromatic hydroxyl groups is 1. The number of alkyl halides is 3. The van der Waals surface area contributed by atoms with Crippen molar-refractivity contribution in [1.29, 1.82) is 0 Å². The molecule has 0 unspecified atom stereocenters. The minimum absolute atomic E-state index is 0.00820. The lowest BCUT2D eigenvalue weighted by atomic mass is 9.97. The van der Waals surface area contributed by atoms with Gasteiger partial charge in [0.25, 0.3) is 5.56 Å². The van der Waals surface area contributed by atoms with Gasteiger partial charge in [0, 0.05) is 30.6 Å². The van der Waals surface area contributed by atoms with E-state index in [2.05, 4.69) is 9.97 Å². The van der Waals surface area contributed by atoms with Crippen LogP contribution in [0.15, 0.2) is 72.2 Å². The van der Waals surface area contributed by atoms with E-state index >= 15 is 0 Å². The monoisotopic (exact) mass is 397 g/mol. The molecule has 0 aliphatic carbocycles. The number of hydrogen-bond donors (Lipinski definition) is 1. The molecule has 3 heterocycles. The van der Waals surface area contributed by atoms with Gasteiger partial charge in [-0.3, -0.25) is 9.20 Å². The fourth-order valence-electron chi connectivity index (χ4n) is 3.27. The first kappa shape index (κ1) is 18.7. The highest BCUT2D eigenvalue weighted by atomic mass is 19.4. The predicted molar refractivity (Wildman–Crippen MR) is 101 cm³/mol. The van der Waals surface area contributed by atoms with Crippen LogP contribution in [0.1, 0.15) is 16.7 Å². The lowest BCUT2D eigenvalue weighted by Gasteiger charge is -2.15. The van der Waals surface area contributed by atoms with E-state index in [-0.39, 0.29) is 23.3 Å². The maximum absolute atomic E-state index is 13.1. The van der Waals surface area contributed by atoms with Crippen LogP contribution in [-0.4, -0.2) is 19.5 Å². The Kier molecular flexibility index (Phi) is 4.54. The van der Waals surface area contributed by atoms with Crippen LogP contribution in [0.3, 0.4) is 0 Å². The van der Waals surface area contributed by atoms with Gasteiger partial charge in [-0.2, -0.15) is 13.2 Å². The zero-order valence-corrected chi connectivity index (χ0v) is 14.9. The third-order valence-corrected chi connectivity index (χ3v) is 4.60. The molecule has 0 radical (unpaired) electrons. The summed E-state index contributed by atoms with van der Waals surface area (Å²) in [5, 5.41) is 10.9. The van der Waals surface area contributed by atoms with Crippen LogP contribution in [0.4, 0.5) is 13.2 Å². The average Bonchev–Trinajstić information content (AvgIpc) is 2.72. The normalized spacial score (nSPS) is 11.7. The fraction of sp³-hybridized carbons (Fsp3) is 0.0952. The van der Waals surface area contributed by atoms with Gasteiger partial charge < -0.3 is 5.11 Å². The van der Waals surface area contributed by atoms with Gasteiger partial charge >= 0.3 is 6.18 Å². The molecular weight excluding hydrogens is 383 g/mol. The Hall–Kier alpha value is -3.68. The molecule has 1 N–H and O–H groups in total. The smallest absolute Gasteiger partial charge is 0.416 e. The second kappa shape index (κ2) is 7.05. The Balaban J connectivity index is 2.00. The van der Waals surface area contributed by atoms with Crippen molar-refractivity contribution in [2.24, 2.45) is 0 Å². The summed E-state index contributed by atoms with van der Waals surface area (Å²) < 4.78 is 40.7. The van der Waals surface area contributed by atoms with E-state index in [1.165, 1.54) is 29.1 Å². The van der Waals surface area contributed by atoms with E-state index in [9.17, 15) is 23.1 Å². The molecule has 0 aliphatic rings. The van der Waals surface area contributed by atoms with Gasteiger partial charge in [-0.25, -0.2) is 9.97 Å². The van der Waals surface area contributed by atoms with Crippen LogP contribution in [0, 0.1) is 0 Å². The molecule has 4 rings (SSSR count). The van der Waals surface area contributed by atoms with Crippen LogP contribution in [0.25, 0.3) is 16.6 Å². The summed E-state index contributed by atoms with van der Waals surface area (Å²) in [4.78, 5) is 20.9. The summed E-state index contributed by atoms with van der Waals surface area (Å²) in [6.07, 6.45) is 1.65. The van der Waals surface area contributed by atoms with Crippen molar-refractivity contribution in [3.8, 4) is 16.9 Å². The largest absolute Gasteiger partial charge is 0.507 e. The van der Waals surface area contributed by atoms with E-state index in [1.54, 1.807) is 30.6 Å². The Morgan fingerprint density at radius 1 is 1.03 bits per heavy atom. The van der Waals surface area contributed by atoms with Crippen molar-refractivity contribution < 1.29 is 18.3 Å². The molecule has 0 atom stereocenters. The second-order valence-electron chi connectivity index (χ2n) is 6.47. The summed E-state index contributed by atoms with van der Waals surface area (Å²) in [6, 6.07) is 9.37. The molecule has 3 aromatic heterocycles. The second-order valence-corrected chi connectivity index (χ2v) is 6.47. The van der Waals surface area contributed by atoms with Crippen LogP contribution in [-0.2, 0) is 12.6 Å². The lowest BCUT2D eigenvalue weighted by molar-refractivity contribution is -0.137. The summed E-state index contributed by atoms with van der Waals surface area (Å²) >= 11 is 0. The van der Waals surface area contributed by atoms with Crippen molar-refractivity contribution in [2.75, 3.05) is 0 Å². The van der Waals surface area contributed by atoms with E-state index in [0.29, 0.717) is 16.6 Å². The van der Waals surface area contributed by atoms with Crippen LogP contribution < -0.4 is 5.56 Å². The molecule has 0 fully saturated rings. The molecule has 1 aromatic carbocycles. The third kappa shape index (κ3) is 3.44. The van der Waals surface area contributed by atoms with E-state index in [1.807, 2.05) is 0 Å². The number of halogens is 3. The number of nitrogens with zero attached hydrogens (tertiary/aromatic N) is 3. The van der Waals surface area contributed by atoms with E-state index < -0.39 is 17.3 Å².